The van der Waals surface area contributed by atoms with Crippen molar-refractivity contribution in [3.8, 4) is 11.5 Å². The standard InChI is InChI=1S/C19H18BNO2/c1-13-17(21-19(23-13)15-5-3-2-4-6-15)11-12-18(22)14-7-9-16(20)10-8-14/h2-10,18,22H,11-12H2,1H3. The number of aromatic nitrogens is 1. The maximum absolute atomic E-state index is 10.3. The molecule has 1 N–H and O–H groups in total. The summed E-state index contributed by atoms with van der Waals surface area (Å²) in [5, 5.41) is 10.3. The summed E-state index contributed by atoms with van der Waals surface area (Å²) in [5.41, 5.74) is 3.41. The molecule has 1 aromatic heterocycles. The third kappa shape index (κ3) is 3.72. The molecule has 0 fully saturated rings. The predicted octanol–water partition coefficient (Wildman–Crippen LogP) is 3.11. The lowest BCUT2D eigenvalue weighted by atomic mass is 9.93. The third-order valence-corrected chi connectivity index (χ3v) is 3.89. The molecule has 0 aliphatic heterocycles. The van der Waals surface area contributed by atoms with Gasteiger partial charge in [0.15, 0.2) is 0 Å². The van der Waals surface area contributed by atoms with E-state index in [0.717, 1.165) is 22.6 Å². The van der Waals surface area contributed by atoms with Crippen molar-refractivity contribution in [3.05, 3.63) is 71.6 Å². The fraction of sp³-hybridized carbons (Fsp3) is 0.211. The average Bonchev–Trinajstić information content (AvgIpc) is 2.95. The highest BCUT2D eigenvalue weighted by Crippen LogP contribution is 2.24. The van der Waals surface area contributed by atoms with Crippen LogP contribution in [-0.4, -0.2) is 17.9 Å². The fourth-order valence-electron chi connectivity index (χ4n) is 2.52. The van der Waals surface area contributed by atoms with Crippen molar-refractivity contribution in [3.63, 3.8) is 0 Å². The number of oxazole rings is 1. The van der Waals surface area contributed by atoms with E-state index in [1.165, 1.54) is 0 Å². The minimum Gasteiger partial charge on any atom is -0.441 e. The van der Waals surface area contributed by atoms with E-state index in [2.05, 4.69) is 4.98 Å². The van der Waals surface area contributed by atoms with E-state index in [9.17, 15) is 5.11 Å². The Labute approximate surface area is 137 Å². The lowest BCUT2D eigenvalue weighted by molar-refractivity contribution is 0.167. The molecule has 0 aliphatic carbocycles. The van der Waals surface area contributed by atoms with Crippen molar-refractivity contribution >= 4 is 13.3 Å². The molecule has 0 spiro atoms. The van der Waals surface area contributed by atoms with E-state index in [0.29, 0.717) is 24.2 Å². The van der Waals surface area contributed by atoms with Gasteiger partial charge < -0.3 is 9.52 Å². The fourth-order valence-corrected chi connectivity index (χ4v) is 2.52. The second-order valence-electron chi connectivity index (χ2n) is 5.61. The van der Waals surface area contributed by atoms with Gasteiger partial charge in [0, 0.05) is 5.56 Å². The Morgan fingerprint density at radius 2 is 1.78 bits per heavy atom. The molecule has 2 aromatic carbocycles. The average molecular weight is 303 g/mol. The molecule has 0 saturated heterocycles. The number of aliphatic hydroxyl groups excluding tert-OH is 1. The van der Waals surface area contributed by atoms with Crippen molar-refractivity contribution in [1.82, 2.24) is 4.98 Å². The minimum atomic E-state index is -0.535. The van der Waals surface area contributed by atoms with Gasteiger partial charge in [-0.15, -0.1) is 0 Å². The Morgan fingerprint density at radius 1 is 1.09 bits per heavy atom. The quantitative estimate of drug-likeness (QED) is 0.737. The first kappa shape index (κ1) is 15.6. The largest absolute Gasteiger partial charge is 0.441 e. The maximum Gasteiger partial charge on any atom is 0.226 e. The van der Waals surface area contributed by atoms with E-state index >= 15 is 0 Å². The van der Waals surface area contributed by atoms with E-state index in [1.807, 2.05) is 49.4 Å². The van der Waals surface area contributed by atoms with Crippen molar-refractivity contribution < 1.29 is 9.52 Å². The highest BCUT2D eigenvalue weighted by atomic mass is 16.4. The molecule has 4 heteroatoms. The summed E-state index contributed by atoms with van der Waals surface area (Å²) < 4.78 is 5.75. The molecule has 3 aromatic rings. The zero-order chi connectivity index (χ0) is 16.2. The molecule has 0 saturated carbocycles. The van der Waals surface area contributed by atoms with Crippen LogP contribution in [0.5, 0.6) is 0 Å². The zero-order valence-electron chi connectivity index (χ0n) is 13.1. The van der Waals surface area contributed by atoms with Crippen LogP contribution < -0.4 is 5.46 Å². The van der Waals surface area contributed by atoms with Crippen LogP contribution in [0.2, 0.25) is 0 Å². The third-order valence-electron chi connectivity index (χ3n) is 3.89. The molecule has 0 amide bonds. The summed E-state index contributed by atoms with van der Waals surface area (Å²) in [4.78, 5) is 4.56. The Balaban J connectivity index is 1.69. The summed E-state index contributed by atoms with van der Waals surface area (Å²) in [5.74, 6) is 1.42. The van der Waals surface area contributed by atoms with E-state index < -0.39 is 6.10 Å². The number of hydrogen-bond acceptors (Lipinski definition) is 3. The zero-order valence-corrected chi connectivity index (χ0v) is 13.1. The van der Waals surface area contributed by atoms with Crippen molar-refractivity contribution in [1.29, 1.82) is 0 Å². The van der Waals surface area contributed by atoms with Crippen LogP contribution in [0.4, 0.5) is 0 Å². The summed E-state index contributed by atoms with van der Waals surface area (Å²) in [6.07, 6.45) is 0.714. The summed E-state index contributed by atoms with van der Waals surface area (Å²) >= 11 is 0. The van der Waals surface area contributed by atoms with Crippen molar-refractivity contribution in [2.45, 2.75) is 25.9 Å². The van der Waals surface area contributed by atoms with Crippen molar-refractivity contribution in [2.75, 3.05) is 0 Å². The molecule has 3 nitrogen and oxygen atoms in total. The van der Waals surface area contributed by atoms with Crippen LogP contribution in [0.25, 0.3) is 11.5 Å². The first-order valence-electron chi connectivity index (χ1n) is 7.68. The molecule has 114 valence electrons. The van der Waals surface area contributed by atoms with Gasteiger partial charge in [-0.1, -0.05) is 47.9 Å². The molecule has 1 heterocycles. The molecular weight excluding hydrogens is 285 g/mol. The molecule has 2 radical (unpaired) electrons. The monoisotopic (exact) mass is 303 g/mol. The normalized spacial score (nSPS) is 12.3. The van der Waals surface area contributed by atoms with E-state index in [-0.39, 0.29) is 0 Å². The molecule has 23 heavy (non-hydrogen) atoms. The molecule has 0 bridgehead atoms. The van der Waals surface area contributed by atoms with Gasteiger partial charge in [-0.25, -0.2) is 4.98 Å². The van der Waals surface area contributed by atoms with Gasteiger partial charge in [0.2, 0.25) is 5.89 Å². The van der Waals surface area contributed by atoms with Crippen LogP contribution in [0.1, 0.15) is 29.5 Å². The Kier molecular flexibility index (Phi) is 4.63. The summed E-state index contributed by atoms with van der Waals surface area (Å²) in [6.45, 7) is 1.91. The number of aliphatic hydroxyl groups is 1. The highest BCUT2D eigenvalue weighted by Gasteiger charge is 2.14. The molecule has 1 unspecified atom stereocenters. The molecule has 0 aliphatic rings. The van der Waals surface area contributed by atoms with Gasteiger partial charge in [-0.05, 0) is 37.5 Å². The second-order valence-corrected chi connectivity index (χ2v) is 5.61. The molecular formula is C19H18BNO2. The Bertz CT molecular complexity index is 766. The number of benzene rings is 2. The Hall–Kier alpha value is -2.33. The number of aryl methyl sites for hydroxylation is 2. The first-order chi connectivity index (χ1) is 11.1. The summed E-state index contributed by atoms with van der Waals surface area (Å²) in [7, 11) is 5.67. The van der Waals surface area contributed by atoms with E-state index in [1.54, 1.807) is 12.1 Å². The Morgan fingerprint density at radius 3 is 2.48 bits per heavy atom. The van der Waals surface area contributed by atoms with Crippen LogP contribution >= 0.6 is 0 Å². The predicted molar refractivity (Wildman–Crippen MR) is 91.8 cm³/mol. The van der Waals surface area contributed by atoms with Gasteiger partial charge in [0.25, 0.3) is 0 Å². The van der Waals surface area contributed by atoms with Crippen LogP contribution in [0, 0.1) is 6.92 Å². The first-order valence-corrected chi connectivity index (χ1v) is 7.68. The smallest absolute Gasteiger partial charge is 0.226 e. The SMILES string of the molecule is [B]c1ccc(C(O)CCc2nc(-c3ccccc3)oc2C)cc1. The van der Waals surface area contributed by atoms with Crippen molar-refractivity contribution in [2.24, 2.45) is 0 Å². The van der Waals surface area contributed by atoms with Gasteiger partial charge in [0.1, 0.15) is 13.6 Å². The maximum atomic E-state index is 10.3. The number of rotatable bonds is 5. The number of nitrogens with zero attached hydrogens (tertiary/aromatic N) is 1. The number of hydrogen-bond donors (Lipinski definition) is 1. The molecule has 1 atom stereocenters. The van der Waals surface area contributed by atoms with Gasteiger partial charge >= 0.3 is 0 Å². The topological polar surface area (TPSA) is 46.3 Å². The van der Waals surface area contributed by atoms with Crippen LogP contribution in [0.15, 0.2) is 59.0 Å². The highest BCUT2D eigenvalue weighted by molar-refractivity contribution is 6.32. The van der Waals surface area contributed by atoms with E-state index in [4.69, 9.17) is 12.3 Å². The lowest BCUT2D eigenvalue weighted by Crippen LogP contribution is -2.05. The van der Waals surface area contributed by atoms with Crippen LogP contribution in [0.3, 0.4) is 0 Å². The second kappa shape index (κ2) is 6.84. The van der Waals surface area contributed by atoms with Gasteiger partial charge in [-0.2, -0.15) is 0 Å². The molecule has 3 rings (SSSR count). The van der Waals surface area contributed by atoms with Crippen LogP contribution in [-0.2, 0) is 6.42 Å². The van der Waals surface area contributed by atoms with Gasteiger partial charge in [-0.3, -0.25) is 0 Å². The lowest BCUT2D eigenvalue weighted by Gasteiger charge is -2.10. The summed E-state index contributed by atoms with van der Waals surface area (Å²) in [6, 6.07) is 17.1. The minimum absolute atomic E-state index is 0.535. The van der Waals surface area contributed by atoms with Gasteiger partial charge in [0.05, 0.1) is 11.8 Å².